The van der Waals surface area contributed by atoms with Gasteiger partial charge in [-0.15, -0.1) is 11.3 Å². The highest BCUT2D eigenvalue weighted by atomic mass is 32.1. The number of hydrogen-bond acceptors (Lipinski definition) is 3. The molecule has 7 heavy (non-hydrogen) atoms. The van der Waals surface area contributed by atoms with E-state index in [9.17, 15) is 0 Å². The summed E-state index contributed by atoms with van der Waals surface area (Å²) in [4.78, 5) is 3.91. The standard InChI is InChI=1S/C3H5BN2S/c4-2-1-7-3(5)6-2/h1H,4H2,(H2,5,6). The van der Waals surface area contributed by atoms with Gasteiger partial charge in [0.2, 0.25) is 0 Å². The molecule has 0 spiro atoms. The van der Waals surface area contributed by atoms with Crippen molar-refractivity contribution >= 4 is 29.9 Å². The van der Waals surface area contributed by atoms with Gasteiger partial charge in [0, 0.05) is 11.0 Å². The summed E-state index contributed by atoms with van der Waals surface area (Å²) in [5.41, 5.74) is 6.29. The molecule has 0 aliphatic rings. The van der Waals surface area contributed by atoms with Crippen molar-refractivity contribution in [3.05, 3.63) is 5.38 Å². The van der Waals surface area contributed by atoms with Gasteiger partial charge in [-0.05, 0) is 0 Å². The fourth-order valence-corrected chi connectivity index (χ4v) is 0.913. The van der Waals surface area contributed by atoms with Crippen molar-refractivity contribution in [2.75, 3.05) is 5.73 Å². The van der Waals surface area contributed by atoms with Gasteiger partial charge in [0.05, 0.1) is 0 Å². The van der Waals surface area contributed by atoms with Crippen LogP contribution in [0.4, 0.5) is 5.13 Å². The molecule has 36 valence electrons. The minimum atomic E-state index is 0.650. The number of rotatable bonds is 0. The van der Waals surface area contributed by atoms with Crippen LogP contribution in [0.2, 0.25) is 0 Å². The molecule has 0 radical (unpaired) electrons. The predicted octanol–water partition coefficient (Wildman–Crippen LogP) is -1.02. The minimum absolute atomic E-state index is 0.650. The molecular formula is C3H5BN2S. The van der Waals surface area contributed by atoms with Crippen molar-refractivity contribution in [2.45, 2.75) is 0 Å². The Morgan fingerprint density at radius 1 is 1.86 bits per heavy atom. The first-order chi connectivity index (χ1) is 3.29. The summed E-state index contributed by atoms with van der Waals surface area (Å²) in [7, 11) is 1.92. The maximum atomic E-state index is 5.29. The fourth-order valence-electron chi connectivity index (χ4n) is 0.372. The van der Waals surface area contributed by atoms with E-state index >= 15 is 0 Å². The minimum Gasteiger partial charge on any atom is -0.375 e. The number of nitrogen functional groups attached to an aromatic ring is 1. The average Bonchev–Trinajstić information content (AvgIpc) is 1.87. The number of aromatic nitrogens is 1. The molecule has 0 atom stereocenters. The summed E-state index contributed by atoms with van der Waals surface area (Å²) in [6, 6.07) is 0. The van der Waals surface area contributed by atoms with Crippen LogP contribution in [-0.4, -0.2) is 12.8 Å². The highest BCUT2D eigenvalue weighted by Gasteiger charge is 1.86. The molecule has 0 unspecified atom stereocenters. The summed E-state index contributed by atoms with van der Waals surface area (Å²) < 4.78 is 0. The van der Waals surface area contributed by atoms with Gasteiger partial charge in [-0.1, -0.05) is 0 Å². The predicted molar refractivity (Wildman–Crippen MR) is 34.7 cm³/mol. The van der Waals surface area contributed by atoms with Gasteiger partial charge < -0.3 is 5.73 Å². The van der Waals surface area contributed by atoms with Gasteiger partial charge in [-0.25, -0.2) is 4.98 Å². The van der Waals surface area contributed by atoms with Crippen LogP contribution < -0.4 is 11.3 Å². The van der Waals surface area contributed by atoms with Crippen LogP contribution in [0, 0.1) is 0 Å². The second kappa shape index (κ2) is 1.54. The highest BCUT2D eigenvalue weighted by Crippen LogP contribution is 2.00. The van der Waals surface area contributed by atoms with Crippen molar-refractivity contribution < 1.29 is 0 Å². The maximum absolute atomic E-state index is 5.29. The Morgan fingerprint density at radius 2 is 2.57 bits per heavy atom. The molecule has 0 aromatic carbocycles. The molecule has 4 heteroatoms. The Hall–Kier alpha value is -0.505. The van der Waals surface area contributed by atoms with Crippen molar-refractivity contribution in [3.63, 3.8) is 0 Å². The van der Waals surface area contributed by atoms with E-state index in [1.807, 2.05) is 13.2 Å². The molecule has 1 aromatic heterocycles. The Morgan fingerprint density at radius 3 is 2.71 bits per heavy atom. The second-order valence-corrected chi connectivity index (χ2v) is 2.22. The van der Waals surface area contributed by atoms with Crippen molar-refractivity contribution in [3.8, 4) is 0 Å². The Kier molecular flexibility index (Phi) is 1.02. The van der Waals surface area contributed by atoms with E-state index in [4.69, 9.17) is 5.73 Å². The van der Waals surface area contributed by atoms with Crippen LogP contribution in [0.25, 0.3) is 0 Å². The molecule has 1 heterocycles. The molecule has 1 rings (SSSR count). The first-order valence-electron chi connectivity index (χ1n) is 1.96. The molecule has 0 aliphatic heterocycles. The van der Waals surface area contributed by atoms with E-state index in [2.05, 4.69) is 4.98 Å². The van der Waals surface area contributed by atoms with E-state index in [1.165, 1.54) is 11.3 Å². The Labute approximate surface area is 46.8 Å². The smallest absolute Gasteiger partial charge is 0.179 e. The molecule has 2 nitrogen and oxygen atoms in total. The number of hydrogen-bond donors (Lipinski definition) is 1. The van der Waals surface area contributed by atoms with E-state index < -0.39 is 0 Å². The van der Waals surface area contributed by atoms with Crippen molar-refractivity contribution in [2.24, 2.45) is 0 Å². The third-order valence-corrected chi connectivity index (χ3v) is 1.43. The third kappa shape index (κ3) is 0.930. The zero-order valence-corrected chi connectivity index (χ0v) is 4.83. The molecule has 1 aromatic rings. The molecule has 0 saturated carbocycles. The van der Waals surface area contributed by atoms with Crippen molar-refractivity contribution in [1.82, 2.24) is 4.98 Å². The van der Waals surface area contributed by atoms with Gasteiger partial charge >= 0.3 is 0 Å². The normalized spacial score (nSPS) is 9.14. The number of thiazole rings is 1. The molecule has 2 N–H and O–H groups in total. The van der Waals surface area contributed by atoms with Crippen LogP contribution in [0.3, 0.4) is 0 Å². The lowest BCUT2D eigenvalue weighted by Gasteiger charge is -1.72. The molecular weight excluding hydrogens is 107 g/mol. The monoisotopic (exact) mass is 112 g/mol. The molecule has 0 aliphatic carbocycles. The van der Waals surface area contributed by atoms with Crippen LogP contribution >= 0.6 is 11.3 Å². The zero-order chi connectivity index (χ0) is 5.28. The summed E-state index contributed by atoms with van der Waals surface area (Å²) in [6.45, 7) is 0. The summed E-state index contributed by atoms with van der Waals surface area (Å²) in [5.74, 6) is 0. The fraction of sp³-hybridized carbons (Fsp3) is 0. The van der Waals surface area contributed by atoms with E-state index in [0.29, 0.717) is 5.13 Å². The maximum Gasteiger partial charge on any atom is 0.179 e. The van der Waals surface area contributed by atoms with E-state index in [1.54, 1.807) is 0 Å². The van der Waals surface area contributed by atoms with E-state index in [-0.39, 0.29) is 0 Å². The SMILES string of the molecule is Bc1csc(N)n1. The highest BCUT2D eigenvalue weighted by molar-refractivity contribution is 7.14. The summed E-state index contributed by atoms with van der Waals surface area (Å²) in [5, 5.41) is 2.58. The van der Waals surface area contributed by atoms with Gasteiger partial charge in [-0.3, -0.25) is 0 Å². The van der Waals surface area contributed by atoms with E-state index in [0.717, 1.165) is 5.59 Å². The zero-order valence-electron chi connectivity index (χ0n) is 4.01. The van der Waals surface area contributed by atoms with Gasteiger partial charge in [0.15, 0.2) is 13.0 Å². The van der Waals surface area contributed by atoms with Crippen molar-refractivity contribution in [1.29, 1.82) is 0 Å². The van der Waals surface area contributed by atoms with Crippen LogP contribution in [0.1, 0.15) is 0 Å². The first-order valence-corrected chi connectivity index (χ1v) is 2.84. The molecule has 0 amide bonds. The summed E-state index contributed by atoms with van der Waals surface area (Å²) in [6.07, 6.45) is 0. The average molecular weight is 112 g/mol. The first kappa shape index (κ1) is 4.65. The van der Waals surface area contributed by atoms with Gasteiger partial charge in [0.25, 0.3) is 0 Å². The summed E-state index contributed by atoms with van der Waals surface area (Å²) >= 11 is 1.47. The Balaban J connectivity index is 3.04. The largest absolute Gasteiger partial charge is 0.375 e. The number of nitrogens with two attached hydrogens (primary N) is 1. The lowest BCUT2D eigenvalue weighted by molar-refractivity contribution is 1.49. The van der Waals surface area contributed by atoms with Crippen LogP contribution in [0.15, 0.2) is 5.38 Å². The van der Waals surface area contributed by atoms with Gasteiger partial charge in [-0.2, -0.15) is 0 Å². The lowest BCUT2D eigenvalue weighted by atomic mass is 10.1. The quantitative estimate of drug-likeness (QED) is 0.436. The van der Waals surface area contributed by atoms with Crippen LogP contribution in [0.5, 0.6) is 0 Å². The third-order valence-electron chi connectivity index (χ3n) is 0.637. The number of nitrogens with zero attached hydrogens (tertiary/aromatic N) is 1. The molecule has 0 fully saturated rings. The van der Waals surface area contributed by atoms with Gasteiger partial charge in [0.1, 0.15) is 0 Å². The lowest BCUT2D eigenvalue weighted by Crippen LogP contribution is -2.01. The Bertz CT molecular complexity index is 145. The molecule has 0 saturated heterocycles. The second-order valence-electron chi connectivity index (χ2n) is 1.33. The topological polar surface area (TPSA) is 38.9 Å². The number of anilines is 1. The molecule has 0 bridgehead atoms. The van der Waals surface area contributed by atoms with Crippen LogP contribution in [-0.2, 0) is 0 Å².